The summed E-state index contributed by atoms with van der Waals surface area (Å²) in [4.78, 5) is 0. The molecule has 0 radical (unpaired) electrons. The van der Waals surface area contributed by atoms with Gasteiger partial charge in [-0.1, -0.05) is 102 Å². The molecule has 25 heavy (non-hydrogen) atoms. The van der Waals surface area contributed by atoms with E-state index in [4.69, 9.17) is 5.73 Å². The third-order valence-corrected chi connectivity index (χ3v) is 5.77. The highest BCUT2D eigenvalue weighted by molar-refractivity contribution is 5.95. The van der Waals surface area contributed by atoms with Gasteiger partial charge in [0.15, 0.2) is 0 Å². The minimum absolute atomic E-state index is 0.259. The maximum absolute atomic E-state index is 6.25. The molecule has 1 heteroatoms. The number of benzene rings is 2. The van der Waals surface area contributed by atoms with E-state index in [2.05, 4.69) is 57.2 Å². The molecule has 0 unspecified atom stereocenters. The Morgan fingerprint density at radius 3 is 1.84 bits per heavy atom. The molecule has 0 aliphatic rings. The molecule has 1 nitrogen and oxygen atoms in total. The lowest BCUT2D eigenvalue weighted by Gasteiger charge is -2.32. The Labute approximate surface area is 155 Å². The van der Waals surface area contributed by atoms with E-state index < -0.39 is 0 Å². The van der Waals surface area contributed by atoms with E-state index in [0.29, 0.717) is 0 Å². The molecule has 2 N–H and O–H groups in total. The number of hydrogen-bond acceptors (Lipinski definition) is 1. The molecule has 2 aromatic carbocycles. The second kappa shape index (κ2) is 9.85. The van der Waals surface area contributed by atoms with Crippen LogP contribution in [0.2, 0.25) is 0 Å². The molecule has 0 spiro atoms. The van der Waals surface area contributed by atoms with Gasteiger partial charge in [0.25, 0.3) is 0 Å². The highest BCUT2D eigenvalue weighted by Crippen LogP contribution is 2.40. The van der Waals surface area contributed by atoms with Crippen molar-refractivity contribution in [2.24, 2.45) is 0 Å². The zero-order valence-corrected chi connectivity index (χ0v) is 16.6. The van der Waals surface area contributed by atoms with Gasteiger partial charge in [0.2, 0.25) is 0 Å². The van der Waals surface area contributed by atoms with Crippen molar-refractivity contribution in [2.45, 2.75) is 90.4 Å². The van der Waals surface area contributed by atoms with Gasteiger partial charge in [-0.3, -0.25) is 0 Å². The summed E-state index contributed by atoms with van der Waals surface area (Å²) in [5, 5.41) is 2.57. The Kier molecular flexibility index (Phi) is 7.81. The fourth-order valence-corrected chi connectivity index (χ4v) is 4.13. The van der Waals surface area contributed by atoms with Gasteiger partial charge < -0.3 is 5.73 Å². The van der Waals surface area contributed by atoms with Gasteiger partial charge in [0.05, 0.1) is 0 Å². The fourth-order valence-electron chi connectivity index (χ4n) is 4.13. The summed E-state index contributed by atoms with van der Waals surface area (Å²) in [6.07, 6.45) is 13.3. The molecular weight excluding hydrogens is 302 g/mol. The van der Waals surface area contributed by atoms with Crippen molar-refractivity contribution in [3.05, 3.63) is 42.0 Å². The van der Waals surface area contributed by atoms with Crippen LogP contribution in [0.25, 0.3) is 10.8 Å². The monoisotopic (exact) mass is 339 g/mol. The molecule has 0 aliphatic heterocycles. The molecular formula is C24H37N. The molecule has 138 valence electrons. The standard InChI is InChI=1S/C24H37N/c1-4-6-8-12-18-24(3,19-13-9-7-5-2)22-16-17-23(25)21-15-11-10-14-20(21)22/h10-11,14-17H,4-9,12-13,18-19,25H2,1-3H3. The Hall–Kier alpha value is -1.50. The van der Waals surface area contributed by atoms with E-state index in [0.717, 1.165) is 5.69 Å². The quantitative estimate of drug-likeness (QED) is 0.330. The first-order valence-corrected chi connectivity index (χ1v) is 10.4. The Morgan fingerprint density at radius 2 is 1.28 bits per heavy atom. The average molecular weight is 340 g/mol. The number of anilines is 1. The molecule has 0 bridgehead atoms. The summed E-state index contributed by atoms with van der Waals surface area (Å²) in [5.41, 5.74) is 8.91. The van der Waals surface area contributed by atoms with Gasteiger partial charge in [0, 0.05) is 11.1 Å². The Bertz CT molecular complexity index is 632. The van der Waals surface area contributed by atoms with Crippen LogP contribution < -0.4 is 5.73 Å². The molecule has 0 atom stereocenters. The van der Waals surface area contributed by atoms with E-state index in [1.165, 1.54) is 80.5 Å². The summed E-state index contributed by atoms with van der Waals surface area (Å²) in [6.45, 7) is 7.07. The second-order valence-corrected chi connectivity index (χ2v) is 7.93. The van der Waals surface area contributed by atoms with Crippen molar-refractivity contribution < 1.29 is 0 Å². The van der Waals surface area contributed by atoms with Crippen LogP contribution in [0.1, 0.15) is 90.5 Å². The van der Waals surface area contributed by atoms with Crippen LogP contribution >= 0.6 is 0 Å². The number of rotatable bonds is 11. The lowest BCUT2D eigenvalue weighted by Crippen LogP contribution is -2.22. The van der Waals surface area contributed by atoms with Crippen LogP contribution in [0.3, 0.4) is 0 Å². The normalized spacial score (nSPS) is 12.0. The molecule has 0 amide bonds. The molecule has 0 aromatic heterocycles. The van der Waals surface area contributed by atoms with Crippen molar-refractivity contribution >= 4 is 16.5 Å². The average Bonchev–Trinajstić information content (AvgIpc) is 2.63. The lowest BCUT2D eigenvalue weighted by molar-refractivity contribution is 0.367. The summed E-state index contributed by atoms with van der Waals surface area (Å²) < 4.78 is 0. The highest BCUT2D eigenvalue weighted by Gasteiger charge is 2.27. The van der Waals surface area contributed by atoms with E-state index in [-0.39, 0.29) is 5.41 Å². The summed E-state index contributed by atoms with van der Waals surface area (Å²) in [7, 11) is 0. The minimum atomic E-state index is 0.259. The van der Waals surface area contributed by atoms with Gasteiger partial charge >= 0.3 is 0 Å². The van der Waals surface area contributed by atoms with E-state index >= 15 is 0 Å². The molecule has 2 aromatic rings. The first kappa shape index (κ1) is 19.8. The van der Waals surface area contributed by atoms with Crippen LogP contribution in [0.15, 0.2) is 36.4 Å². The molecule has 0 heterocycles. The number of nitrogen functional groups attached to an aromatic ring is 1. The Balaban J connectivity index is 2.28. The van der Waals surface area contributed by atoms with Crippen LogP contribution in [-0.2, 0) is 5.41 Å². The van der Waals surface area contributed by atoms with Crippen LogP contribution in [0.4, 0.5) is 5.69 Å². The predicted octanol–water partition coefficient (Wildman–Crippen LogP) is 7.62. The lowest BCUT2D eigenvalue weighted by atomic mass is 9.72. The van der Waals surface area contributed by atoms with Crippen LogP contribution in [-0.4, -0.2) is 0 Å². The van der Waals surface area contributed by atoms with Gasteiger partial charge in [-0.05, 0) is 35.3 Å². The van der Waals surface area contributed by atoms with Crippen molar-refractivity contribution in [1.29, 1.82) is 0 Å². The van der Waals surface area contributed by atoms with E-state index in [9.17, 15) is 0 Å². The SMILES string of the molecule is CCCCCCC(C)(CCCCCC)c1ccc(N)c2ccccc12. The molecule has 0 saturated carbocycles. The first-order chi connectivity index (χ1) is 12.1. The zero-order chi connectivity index (χ0) is 18.1. The second-order valence-electron chi connectivity index (χ2n) is 7.93. The summed E-state index contributed by atoms with van der Waals surface area (Å²) in [6, 6.07) is 13.1. The highest BCUT2D eigenvalue weighted by atomic mass is 14.6. The smallest absolute Gasteiger partial charge is 0.0393 e. The van der Waals surface area contributed by atoms with Gasteiger partial charge in [0.1, 0.15) is 0 Å². The number of hydrogen-bond donors (Lipinski definition) is 1. The molecule has 2 rings (SSSR count). The molecule has 0 aliphatic carbocycles. The maximum Gasteiger partial charge on any atom is 0.0393 e. The topological polar surface area (TPSA) is 26.0 Å². The fraction of sp³-hybridized carbons (Fsp3) is 0.583. The van der Waals surface area contributed by atoms with Crippen LogP contribution in [0, 0.1) is 0 Å². The summed E-state index contributed by atoms with van der Waals surface area (Å²) >= 11 is 0. The minimum Gasteiger partial charge on any atom is -0.398 e. The number of nitrogens with two attached hydrogens (primary N) is 1. The first-order valence-electron chi connectivity index (χ1n) is 10.4. The largest absolute Gasteiger partial charge is 0.398 e. The zero-order valence-electron chi connectivity index (χ0n) is 16.6. The predicted molar refractivity (Wildman–Crippen MR) is 113 cm³/mol. The van der Waals surface area contributed by atoms with Gasteiger partial charge in [-0.25, -0.2) is 0 Å². The molecule has 0 saturated heterocycles. The molecule has 0 fully saturated rings. The number of unbranched alkanes of at least 4 members (excludes halogenated alkanes) is 6. The van der Waals surface area contributed by atoms with Gasteiger partial charge in [-0.2, -0.15) is 0 Å². The van der Waals surface area contributed by atoms with Crippen molar-refractivity contribution in [1.82, 2.24) is 0 Å². The van der Waals surface area contributed by atoms with Gasteiger partial charge in [-0.15, -0.1) is 0 Å². The van der Waals surface area contributed by atoms with Crippen molar-refractivity contribution in [2.75, 3.05) is 5.73 Å². The van der Waals surface area contributed by atoms with E-state index in [1.54, 1.807) is 0 Å². The summed E-state index contributed by atoms with van der Waals surface area (Å²) in [5.74, 6) is 0. The third-order valence-electron chi connectivity index (χ3n) is 5.77. The van der Waals surface area contributed by atoms with Crippen molar-refractivity contribution in [3.63, 3.8) is 0 Å². The third kappa shape index (κ3) is 5.23. The Morgan fingerprint density at radius 1 is 0.720 bits per heavy atom. The van der Waals surface area contributed by atoms with E-state index in [1.807, 2.05) is 0 Å². The number of fused-ring (bicyclic) bond motifs is 1. The maximum atomic E-state index is 6.25. The van der Waals surface area contributed by atoms with Crippen LogP contribution in [0.5, 0.6) is 0 Å². The van der Waals surface area contributed by atoms with Crippen molar-refractivity contribution in [3.8, 4) is 0 Å².